The summed E-state index contributed by atoms with van der Waals surface area (Å²) in [6.45, 7) is 0.672. The minimum Gasteiger partial charge on any atom is -0.426 e. The second-order valence-corrected chi connectivity index (χ2v) is 4.33. The molecule has 0 aromatic heterocycles. The Labute approximate surface area is 82.4 Å². The quantitative estimate of drug-likeness (QED) is 0.725. The molecule has 0 spiro atoms. The number of hydrogen-bond acceptors (Lipinski definition) is 3. The average Bonchev–Trinajstić information content (AvgIpc) is 2.54. The first-order valence-corrected chi connectivity index (χ1v) is 5.25. The third kappa shape index (κ3) is 2.27. The fraction of sp³-hybridized carbons (Fsp3) is 0.333. The smallest absolute Gasteiger partial charge is 0.426 e. The van der Waals surface area contributed by atoms with Crippen molar-refractivity contribution in [3.8, 4) is 0 Å². The van der Waals surface area contributed by atoms with Crippen molar-refractivity contribution in [3.05, 3.63) is 30.3 Å². The molecular weight excluding hydrogens is 183 g/mol. The SMILES string of the molecule is OB1OCCC1Sc1ccccc1. The van der Waals surface area contributed by atoms with Gasteiger partial charge in [-0.15, -0.1) is 11.8 Å². The number of hydrogen-bond donors (Lipinski definition) is 1. The van der Waals surface area contributed by atoms with Crippen molar-refractivity contribution in [2.24, 2.45) is 0 Å². The second-order valence-electron chi connectivity index (χ2n) is 3.02. The summed E-state index contributed by atoms with van der Waals surface area (Å²) in [5, 5.41) is 9.60. The van der Waals surface area contributed by atoms with E-state index in [4.69, 9.17) is 4.65 Å². The van der Waals surface area contributed by atoms with E-state index in [2.05, 4.69) is 12.1 Å². The van der Waals surface area contributed by atoms with Crippen molar-refractivity contribution < 1.29 is 9.68 Å². The predicted octanol–water partition coefficient (Wildman–Crippen LogP) is 1.59. The van der Waals surface area contributed by atoms with E-state index >= 15 is 0 Å². The van der Waals surface area contributed by atoms with Gasteiger partial charge in [0.1, 0.15) is 0 Å². The van der Waals surface area contributed by atoms with Crippen LogP contribution in [-0.4, -0.2) is 23.9 Å². The summed E-state index contributed by atoms with van der Waals surface area (Å²) < 4.78 is 5.07. The lowest BCUT2D eigenvalue weighted by Gasteiger charge is -2.07. The van der Waals surface area contributed by atoms with E-state index in [0.29, 0.717) is 6.61 Å². The molecule has 68 valence electrons. The summed E-state index contributed by atoms with van der Waals surface area (Å²) in [4.78, 5) is 1.19. The van der Waals surface area contributed by atoms with Crippen LogP contribution < -0.4 is 0 Å². The first-order chi connectivity index (χ1) is 6.36. The zero-order valence-corrected chi connectivity index (χ0v) is 8.04. The molecule has 1 unspecified atom stereocenters. The second kappa shape index (κ2) is 4.18. The lowest BCUT2D eigenvalue weighted by molar-refractivity contribution is 0.301. The molecule has 1 fully saturated rings. The maximum absolute atomic E-state index is 9.41. The van der Waals surface area contributed by atoms with Gasteiger partial charge in [-0.05, 0) is 18.6 Å². The van der Waals surface area contributed by atoms with Crippen molar-refractivity contribution in [1.82, 2.24) is 0 Å². The Hall–Kier alpha value is -0.445. The minimum absolute atomic E-state index is 0.197. The van der Waals surface area contributed by atoms with Crippen LogP contribution in [0.15, 0.2) is 35.2 Å². The van der Waals surface area contributed by atoms with E-state index in [1.54, 1.807) is 11.8 Å². The van der Waals surface area contributed by atoms with Gasteiger partial charge in [-0.1, -0.05) is 18.2 Å². The van der Waals surface area contributed by atoms with Crippen molar-refractivity contribution in [1.29, 1.82) is 0 Å². The van der Waals surface area contributed by atoms with Crippen LogP contribution in [0.5, 0.6) is 0 Å². The highest BCUT2D eigenvalue weighted by molar-refractivity contribution is 8.01. The van der Waals surface area contributed by atoms with E-state index in [1.165, 1.54) is 4.90 Å². The molecule has 1 atom stereocenters. The Kier molecular flexibility index (Phi) is 2.93. The highest BCUT2D eigenvalue weighted by Gasteiger charge is 2.33. The summed E-state index contributed by atoms with van der Waals surface area (Å²) >= 11 is 1.68. The van der Waals surface area contributed by atoms with Gasteiger partial charge in [-0.25, -0.2) is 0 Å². The highest BCUT2D eigenvalue weighted by Crippen LogP contribution is 2.29. The normalized spacial score (nSPS) is 22.2. The van der Waals surface area contributed by atoms with Gasteiger partial charge in [0.15, 0.2) is 0 Å². The summed E-state index contributed by atoms with van der Waals surface area (Å²) in [6.07, 6.45) is 0.931. The van der Waals surface area contributed by atoms with Crippen LogP contribution in [0.3, 0.4) is 0 Å². The van der Waals surface area contributed by atoms with Gasteiger partial charge in [0.05, 0.1) is 0 Å². The van der Waals surface area contributed by atoms with E-state index in [-0.39, 0.29) is 5.15 Å². The van der Waals surface area contributed by atoms with Gasteiger partial charge in [-0.3, -0.25) is 0 Å². The molecule has 4 heteroatoms. The fourth-order valence-corrected chi connectivity index (χ4v) is 2.42. The van der Waals surface area contributed by atoms with Gasteiger partial charge in [0.2, 0.25) is 0 Å². The largest absolute Gasteiger partial charge is 0.468 e. The molecular formula is C9H11BO2S. The fourth-order valence-electron chi connectivity index (χ4n) is 1.35. The number of thioether (sulfide) groups is 1. The maximum Gasteiger partial charge on any atom is 0.468 e. The van der Waals surface area contributed by atoms with Crippen LogP contribution in [0.25, 0.3) is 0 Å². The molecule has 1 aromatic carbocycles. The zero-order chi connectivity index (χ0) is 9.10. The lowest BCUT2D eigenvalue weighted by atomic mass is 9.86. The molecule has 0 aliphatic carbocycles. The van der Waals surface area contributed by atoms with Gasteiger partial charge in [0, 0.05) is 16.7 Å². The van der Waals surface area contributed by atoms with Crippen LogP contribution in [-0.2, 0) is 4.65 Å². The van der Waals surface area contributed by atoms with Crippen molar-refractivity contribution in [3.63, 3.8) is 0 Å². The molecule has 0 saturated carbocycles. The van der Waals surface area contributed by atoms with Crippen molar-refractivity contribution in [2.45, 2.75) is 16.5 Å². The summed E-state index contributed by atoms with van der Waals surface area (Å²) in [5.41, 5.74) is 0. The molecule has 0 amide bonds. The van der Waals surface area contributed by atoms with Gasteiger partial charge < -0.3 is 9.68 Å². The standard InChI is InChI=1S/C9H11BO2S/c11-10-9(6-7-12-10)13-8-4-2-1-3-5-8/h1-5,9,11H,6-7H2. The third-order valence-electron chi connectivity index (χ3n) is 2.04. The minimum atomic E-state index is -0.592. The van der Waals surface area contributed by atoms with Crippen molar-refractivity contribution >= 4 is 18.9 Å². The van der Waals surface area contributed by atoms with E-state index in [1.807, 2.05) is 18.2 Å². The molecule has 1 heterocycles. The van der Waals surface area contributed by atoms with Crippen LogP contribution >= 0.6 is 11.8 Å². The number of benzene rings is 1. The van der Waals surface area contributed by atoms with Gasteiger partial charge >= 0.3 is 7.12 Å². The Morgan fingerprint density at radius 1 is 1.38 bits per heavy atom. The monoisotopic (exact) mass is 194 g/mol. The third-order valence-corrected chi connectivity index (χ3v) is 3.36. The first-order valence-electron chi connectivity index (χ1n) is 4.37. The predicted molar refractivity (Wildman–Crippen MR) is 54.6 cm³/mol. The Morgan fingerprint density at radius 2 is 2.15 bits per heavy atom. The summed E-state index contributed by atoms with van der Waals surface area (Å²) in [6, 6.07) is 10.1. The molecule has 0 bridgehead atoms. The molecule has 2 nitrogen and oxygen atoms in total. The molecule has 2 rings (SSSR count). The Bertz CT molecular complexity index is 268. The van der Waals surface area contributed by atoms with Gasteiger partial charge in [-0.2, -0.15) is 0 Å². The topological polar surface area (TPSA) is 29.5 Å². The molecule has 1 aromatic rings. The molecule has 13 heavy (non-hydrogen) atoms. The maximum atomic E-state index is 9.41. The summed E-state index contributed by atoms with van der Waals surface area (Å²) in [7, 11) is -0.592. The highest BCUT2D eigenvalue weighted by atomic mass is 32.2. The van der Waals surface area contributed by atoms with E-state index in [9.17, 15) is 5.02 Å². The molecule has 1 aliphatic heterocycles. The zero-order valence-electron chi connectivity index (χ0n) is 7.22. The summed E-state index contributed by atoms with van der Waals surface area (Å²) in [5.74, 6) is 0. The van der Waals surface area contributed by atoms with E-state index < -0.39 is 7.12 Å². The number of rotatable bonds is 2. The average molecular weight is 194 g/mol. The van der Waals surface area contributed by atoms with Crippen LogP contribution in [0.1, 0.15) is 6.42 Å². The van der Waals surface area contributed by atoms with Gasteiger partial charge in [0.25, 0.3) is 0 Å². The molecule has 1 saturated heterocycles. The first kappa shape index (κ1) is 9.12. The van der Waals surface area contributed by atoms with Crippen LogP contribution in [0, 0.1) is 0 Å². The molecule has 1 aliphatic rings. The van der Waals surface area contributed by atoms with E-state index in [0.717, 1.165) is 6.42 Å². The molecule has 1 N–H and O–H groups in total. The van der Waals surface area contributed by atoms with Crippen LogP contribution in [0.2, 0.25) is 0 Å². The Morgan fingerprint density at radius 3 is 2.77 bits per heavy atom. The Balaban J connectivity index is 1.98. The van der Waals surface area contributed by atoms with Crippen molar-refractivity contribution in [2.75, 3.05) is 6.61 Å². The lowest BCUT2D eigenvalue weighted by Crippen LogP contribution is -2.23. The molecule has 0 radical (unpaired) electrons. The van der Waals surface area contributed by atoms with Crippen LogP contribution in [0.4, 0.5) is 0 Å².